The lowest BCUT2D eigenvalue weighted by Gasteiger charge is -2.22. The van der Waals surface area contributed by atoms with E-state index < -0.39 is 5.60 Å². The van der Waals surface area contributed by atoms with Crippen molar-refractivity contribution in [1.82, 2.24) is 0 Å². The second-order valence-electron chi connectivity index (χ2n) is 4.52. The molecule has 70 valence electrons. The van der Waals surface area contributed by atoms with Crippen LogP contribution in [0.25, 0.3) is 0 Å². The third-order valence-electron chi connectivity index (χ3n) is 3.39. The van der Waals surface area contributed by atoms with Crippen LogP contribution in [0.3, 0.4) is 0 Å². The molecule has 2 fully saturated rings. The minimum Gasteiger partial charge on any atom is -0.387 e. The molecule has 0 unspecified atom stereocenters. The Bertz CT molecular complexity index is 192. The molecule has 1 heterocycles. The van der Waals surface area contributed by atoms with Gasteiger partial charge in [0.25, 0.3) is 0 Å². The number of hydrogen-bond donors (Lipinski definition) is 1. The third-order valence-corrected chi connectivity index (χ3v) is 3.39. The fourth-order valence-corrected chi connectivity index (χ4v) is 2.44. The topological polar surface area (TPSA) is 32.8 Å². The van der Waals surface area contributed by atoms with Crippen LogP contribution in [0.1, 0.15) is 46.0 Å². The molecule has 0 spiro atoms. The molecule has 1 saturated heterocycles. The summed E-state index contributed by atoms with van der Waals surface area (Å²) >= 11 is 0. The van der Waals surface area contributed by atoms with Crippen LogP contribution >= 0.6 is 0 Å². The summed E-state index contributed by atoms with van der Waals surface area (Å²) in [5, 5.41) is 10.2. The molecule has 0 aromatic carbocycles. The van der Waals surface area contributed by atoms with E-state index >= 15 is 0 Å². The fourth-order valence-electron chi connectivity index (χ4n) is 2.44. The van der Waals surface area contributed by atoms with Gasteiger partial charge in [0.15, 0.2) is 0 Å². The van der Waals surface area contributed by atoms with Gasteiger partial charge in [0.2, 0.25) is 0 Å². The van der Waals surface area contributed by atoms with Crippen molar-refractivity contribution in [3.8, 4) is 0 Å². The summed E-state index contributed by atoms with van der Waals surface area (Å²) in [4.78, 5) is 0. The second-order valence-corrected chi connectivity index (χ2v) is 4.52. The lowest BCUT2D eigenvalue weighted by atomic mass is 9.94. The van der Waals surface area contributed by atoms with E-state index in [4.69, 9.17) is 4.74 Å². The molecule has 0 aromatic heterocycles. The Labute approximate surface area is 73.9 Å². The Balaban J connectivity index is 1.95. The molecule has 1 aliphatic heterocycles. The Morgan fingerprint density at radius 1 is 1.50 bits per heavy atom. The highest BCUT2D eigenvalue weighted by atomic mass is 16.6. The third kappa shape index (κ3) is 1.09. The Kier molecular flexibility index (Phi) is 1.74. The van der Waals surface area contributed by atoms with E-state index in [-0.39, 0.29) is 11.7 Å². The summed E-state index contributed by atoms with van der Waals surface area (Å²) in [7, 11) is 0. The fraction of sp³-hybridized carbons (Fsp3) is 1.00. The van der Waals surface area contributed by atoms with Gasteiger partial charge in [-0.15, -0.1) is 0 Å². The van der Waals surface area contributed by atoms with E-state index in [0.717, 1.165) is 32.1 Å². The molecule has 0 aromatic rings. The monoisotopic (exact) mass is 170 g/mol. The zero-order chi connectivity index (χ0) is 8.82. The number of rotatable bonds is 3. The maximum atomic E-state index is 10.2. The molecular weight excluding hydrogens is 152 g/mol. The van der Waals surface area contributed by atoms with Crippen molar-refractivity contribution in [3.05, 3.63) is 0 Å². The molecule has 2 rings (SSSR count). The van der Waals surface area contributed by atoms with E-state index in [1.807, 2.05) is 0 Å². The van der Waals surface area contributed by atoms with Crippen LogP contribution in [-0.2, 0) is 4.74 Å². The van der Waals surface area contributed by atoms with Crippen LogP contribution in [0.2, 0.25) is 0 Å². The predicted molar refractivity (Wildman–Crippen MR) is 47.0 cm³/mol. The molecule has 2 aliphatic rings. The lowest BCUT2D eigenvalue weighted by molar-refractivity contribution is -0.00729. The van der Waals surface area contributed by atoms with Crippen molar-refractivity contribution in [2.24, 2.45) is 0 Å². The Hall–Kier alpha value is -0.0800. The highest BCUT2D eigenvalue weighted by molar-refractivity contribution is 5.16. The van der Waals surface area contributed by atoms with Gasteiger partial charge in [-0.25, -0.2) is 0 Å². The lowest BCUT2D eigenvalue weighted by Crippen LogP contribution is -2.32. The van der Waals surface area contributed by atoms with Crippen molar-refractivity contribution < 1.29 is 9.84 Å². The number of epoxide rings is 1. The number of aliphatic hydroxyl groups is 1. The van der Waals surface area contributed by atoms with Crippen molar-refractivity contribution in [2.75, 3.05) is 0 Å². The number of ether oxygens (including phenoxy) is 1. The summed E-state index contributed by atoms with van der Waals surface area (Å²) < 4.78 is 5.50. The molecule has 2 nitrogen and oxygen atoms in total. The van der Waals surface area contributed by atoms with Crippen LogP contribution < -0.4 is 0 Å². The van der Waals surface area contributed by atoms with Crippen LogP contribution in [-0.4, -0.2) is 22.4 Å². The molecule has 0 amide bonds. The van der Waals surface area contributed by atoms with E-state index in [0.29, 0.717) is 0 Å². The summed E-state index contributed by atoms with van der Waals surface area (Å²) in [6.07, 6.45) is 5.32. The molecule has 12 heavy (non-hydrogen) atoms. The van der Waals surface area contributed by atoms with Crippen LogP contribution in [0, 0.1) is 0 Å². The SMILES string of the molecule is CCCC[C@@]1(O)CC[C@]2(C)O[C@H]12. The smallest absolute Gasteiger partial charge is 0.116 e. The highest BCUT2D eigenvalue weighted by Crippen LogP contribution is 2.56. The Morgan fingerprint density at radius 3 is 2.67 bits per heavy atom. The largest absolute Gasteiger partial charge is 0.387 e. The number of hydrogen-bond acceptors (Lipinski definition) is 2. The maximum Gasteiger partial charge on any atom is 0.116 e. The van der Waals surface area contributed by atoms with Crippen molar-refractivity contribution in [1.29, 1.82) is 0 Å². The maximum absolute atomic E-state index is 10.2. The summed E-state index contributed by atoms with van der Waals surface area (Å²) in [5.74, 6) is 0. The van der Waals surface area contributed by atoms with Crippen LogP contribution in [0.5, 0.6) is 0 Å². The highest BCUT2D eigenvalue weighted by Gasteiger charge is 2.67. The van der Waals surface area contributed by atoms with Crippen molar-refractivity contribution >= 4 is 0 Å². The average Bonchev–Trinajstić information content (AvgIpc) is 2.67. The van der Waals surface area contributed by atoms with Gasteiger partial charge in [-0.3, -0.25) is 0 Å². The molecule has 0 radical (unpaired) electrons. The summed E-state index contributed by atoms with van der Waals surface area (Å²) in [6.45, 7) is 4.27. The zero-order valence-electron chi connectivity index (χ0n) is 7.97. The van der Waals surface area contributed by atoms with Gasteiger partial charge in [-0.1, -0.05) is 19.8 Å². The molecule has 1 aliphatic carbocycles. The average molecular weight is 170 g/mol. The minimum atomic E-state index is -0.481. The van der Waals surface area contributed by atoms with Gasteiger partial charge in [0, 0.05) is 0 Å². The van der Waals surface area contributed by atoms with Gasteiger partial charge in [0.1, 0.15) is 6.10 Å². The summed E-state index contributed by atoms with van der Waals surface area (Å²) in [6, 6.07) is 0. The minimum absolute atomic E-state index is 0.0441. The van der Waals surface area contributed by atoms with Gasteiger partial charge >= 0.3 is 0 Å². The predicted octanol–water partition coefficient (Wildman–Crippen LogP) is 1.86. The second kappa shape index (κ2) is 2.46. The summed E-state index contributed by atoms with van der Waals surface area (Å²) in [5.41, 5.74) is -0.437. The number of unbranched alkanes of at least 4 members (excludes halogenated alkanes) is 1. The normalized spacial score (nSPS) is 50.8. The first-order valence-electron chi connectivity index (χ1n) is 5.01. The molecule has 2 heteroatoms. The van der Waals surface area contributed by atoms with E-state index in [2.05, 4.69) is 13.8 Å². The van der Waals surface area contributed by atoms with E-state index in [9.17, 15) is 5.11 Å². The van der Waals surface area contributed by atoms with E-state index in [1.165, 1.54) is 0 Å². The molecule has 1 saturated carbocycles. The first-order chi connectivity index (χ1) is 5.61. The van der Waals surface area contributed by atoms with Gasteiger partial charge in [-0.05, 0) is 26.2 Å². The first kappa shape index (κ1) is 8.52. The quantitative estimate of drug-likeness (QED) is 0.656. The molecule has 0 bridgehead atoms. The Morgan fingerprint density at radius 2 is 2.25 bits per heavy atom. The van der Waals surface area contributed by atoms with Crippen LogP contribution in [0.4, 0.5) is 0 Å². The standard InChI is InChI=1S/C10H18O2/c1-3-4-5-10(11)7-6-9(2)8(10)12-9/h8,11H,3-7H2,1-2H3/t8-,9-,10+/m0/s1. The van der Waals surface area contributed by atoms with Gasteiger partial charge in [-0.2, -0.15) is 0 Å². The zero-order valence-corrected chi connectivity index (χ0v) is 7.97. The van der Waals surface area contributed by atoms with Crippen molar-refractivity contribution in [2.45, 2.75) is 63.3 Å². The first-order valence-corrected chi connectivity index (χ1v) is 5.01. The van der Waals surface area contributed by atoms with Gasteiger partial charge < -0.3 is 9.84 Å². The van der Waals surface area contributed by atoms with Crippen molar-refractivity contribution in [3.63, 3.8) is 0 Å². The van der Waals surface area contributed by atoms with Crippen LogP contribution in [0.15, 0.2) is 0 Å². The van der Waals surface area contributed by atoms with Gasteiger partial charge in [0.05, 0.1) is 11.2 Å². The molecule has 3 atom stereocenters. The molecular formula is C10H18O2. The van der Waals surface area contributed by atoms with E-state index in [1.54, 1.807) is 0 Å². The molecule has 1 N–H and O–H groups in total. The number of fused-ring (bicyclic) bond motifs is 1.